The third-order valence-electron chi connectivity index (χ3n) is 5.59. The Hall–Kier alpha value is -3.05. The second-order valence-electron chi connectivity index (χ2n) is 9.17. The topological polar surface area (TPSA) is 49.4 Å². The van der Waals surface area contributed by atoms with Crippen LogP contribution in [-0.2, 0) is 10.2 Å². The average molecular weight is 445 g/mol. The summed E-state index contributed by atoms with van der Waals surface area (Å²) in [6, 6.07) is 23.5. The zero-order valence-electron chi connectivity index (χ0n) is 18.9. The van der Waals surface area contributed by atoms with Gasteiger partial charge in [-0.05, 0) is 65.4 Å². The van der Waals surface area contributed by atoms with Gasteiger partial charge in [0, 0.05) is 16.9 Å². The van der Waals surface area contributed by atoms with Crippen molar-refractivity contribution in [2.24, 2.45) is 0 Å². The lowest BCUT2D eigenvalue weighted by molar-refractivity contribution is -0.115. The molecule has 0 unspecified atom stereocenters. The zero-order chi connectivity index (χ0) is 22.9. The third-order valence-corrected chi connectivity index (χ3v) is 6.80. The van der Waals surface area contributed by atoms with Gasteiger partial charge in [0.2, 0.25) is 5.91 Å². The van der Waals surface area contributed by atoms with Crippen molar-refractivity contribution in [3.05, 3.63) is 95.1 Å². The van der Waals surface area contributed by atoms with Crippen molar-refractivity contribution in [3.63, 3.8) is 0 Å². The molecular formula is C27H28N2O2S. The molecule has 0 aromatic heterocycles. The monoisotopic (exact) mass is 444 g/mol. The van der Waals surface area contributed by atoms with Crippen LogP contribution in [0.4, 0.5) is 11.4 Å². The summed E-state index contributed by atoms with van der Waals surface area (Å²) in [5.41, 5.74) is 5.58. The Balaban J connectivity index is 1.54. The van der Waals surface area contributed by atoms with Gasteiger partial charge >= 0.3 is 0 Å². The molecule has 1 N–H and O–H groups in total. The molecule has 0 bridgehead atoms. The van der Waals surface area contributed by atoms with Crippen molar-refractivity contribution in [3.8, 4) is 0 Å². The van der Waals surface area contributed by atoms with E-state index in [0.717, 1.165) is 22.5 Å². The number of carbonyl (C=O) groups excluding carboxylic acids is 2. The first-order chi connectivity index (χ1) is 15.2. The van der Waals surface area contributed by atoms with Crippen LogP contribution >= 0.6 is 11.8 Å². The maximum absolute atomic E-state index is 12.8. The Morgan fingerprint density at radius 2 is 1.72 bits per heavy atom. The molecule has 4 rings (SSSR count). The van der Waals surface area contributed by atoms with E-state index in [1.807, 2.05) is 84.6 Å². The minimum atomic E-state index is -0.145. The normalized spacial score (nSPS) is 16.3. The van der Waals surface area contributed by atoms with Gasteiger partial charge in [-0.3, -0.25) is 14.5 Å². The molecule has 1 saturated heterocycles. The van der Waals surface area contributed by atoms with Crippen molar-refractivity contribution in [1.82, 2.24) is 0 Å². The molecule has 0 radical (unpaired) electrons. The Kier molecular flexibility index (Phi) is 6.11. The molecule has 3 aromatic rings. The fourth-order valence-electron chi connectivity index (χ4n) is 3.82. The number of aryl methyl sites for hydroxylation is 1. The molecule has 1 fully saturated rings. The second-order valence-corrected chi connectivity index (χ2v) is 10.2. The Labute approximate surface area is 194 Å². The minimum Gasteiger partial charge on any atom is -0.322 e. The van der Waals surface area contributed by atoms with Crippen LogP contribution in [0.25, 0.3) is 0 Å². The summed E-state index contributed by atoms with van der Waals surface area (Å²) in [5.74, 6) is 0.391. The molecule has 5 heteroatoms. The zero-order valence-corrected chi connectivity index (χ0v) is 19.7. The molecule has 3 aromatic carbocycles. The van der Waals surface area contributed by atoms with E-state index < -0.39 is 0 Å². The predicted molar refractivity (Wildman–Crippen MR) is 133 cm³/mol. The molecular weight excluding hydrogens is 416 g/mol. The Morgan fingerprint density at radius 3 is 2.41 bits per heavy atom. The fourth-order valence-corrected chi connectivity index (χ4v) is 4.99. The third kappa shape index (κ3) is 4.73. The average Bonchev–Trinajstić information content (AvgIpc) is 3.15. The quantitative estimate of drug-likeness (QED) is 0.512. The van der Waals surface area contributed by atoms with Crippen molar-refractivity contribution in [2.75, 3.05) is 16.0 Å². The Bertz CT molecular complexity index is 1150. The predicted octanol–water partition coefficient (Wildman–Crippen LogP) is 6.32. The van der Waals surface area contributed by atoms with Crippen LogP contribution in [0.2, 0.25) is 0 Å². The highest BCUT2D eigenvalue weighted by Gasteiger charge is 2.34. The van der Waals surface area contributed by atoms with Gasteiger partial charge in [0.25, 0.3) is 5.91 Å². The first-order valence-electron chi connectivity index (χ1n) is 10.7. The first-order valence-corrected chi connectivity index (χ1v) is 11.8. The number of anilines is 2. The second kappa shape index (κ2) is 8.83. The van der Waals surface area contributed by atoms with Gasteiger partial charge < -0.3 is 5.32 Å². The number of nitrogens with zero attached hydrogens (tertiary/aromatic N) is 1. The van der Waals surface area contributed by atoms with Crippen molar-refractivity contribution < 1.29 is 9.59 Å². The number of amides is 2. The van der Waals surface area contributed by atoms with Crippen LogP contribution in [0.15, 0.2) is 72.8 Å². The lowest BCUT2D eigenvalue weighted by atomic mass is 9.87. The van der Waals surface area contributed by atoms with Gasteiger partial charge in [0.05, 0.1) is 5.75 Å². The molecule has 0 saturated carbocycles. The Morgan fingerprint density at radius 1 is 1.00 bits per heavy atom. The molecule has 2 amide bonds. The fraction of sp³-hybridized carbons (Fsp3) is 0.259. The molecule has 1 atom stereocenters. The summed E-state index contributed by atoms with van der Waals surface area (Å²) >= 11 is 1.60. The highest BCUT2D eigenvalue weighted by Crippen LogP contribution is 2.42. The van der Waals surface area contributed by atoms with E-state index in [-0.39, 0.29) is 22.6 Å². The molecule has 1 heterocycles. The van der Waals surface area contributed by atoms with Gasteiger partial charge in [0.15, 0.2) is 0 Å². The number of nitrogens with one attached hydrogen (secondary N) is 1. The van der Waals surface area contributed by atoms with Crippen LogP contribution in [0.1, 0.15) is 53.2 Å². The van der Waals surface area contributed by atoms with E-state index in [9.17, 15) is 9.59 Å². The van der Waals surface area contributed by atoms with Gasteiger partial charge in [-0.25, -0.2) is 0 Å². The van der Waals surface area contributed by atoms with E-state index in [2.05, 4.69) is 26.1 Å². The number of benzene rings is 3. The summed E-state index contributed by atoms with van der Waals surface area (Å²) in [6.45, 7) is 8.48. The van der Waals surface area contributed by atoms with Gasteiger partial charge in [0.1, 0.15) is 5.37 Å². The number of hydrogen-bond donors (Lipinski definition) is 1. The number of rotatable bonds is 4. The highest BCUT2D eigenvalue weighted by atomic mass is 32.2. The molecule has 164 valence electrons. The van der Waals surface area contributed by atoms with E-state index >= 15 is 0 Å². The summed E-state index contributed by atoms with van der Waals surface area (Å²) in [4.78, 5) is 27.3. The summed E-state index contributed by atoms with van der Waals surface area (Å²) in [6.07, 6.45) is 0. The van der Waals surface area contributed by atoms with E-state index in [1.165, 1.54) is 5.56 Å². The van der Waals surface area contributed by atoms with Crippen molar-refractivity contribution in [1.29, 1.82) is 0 Å². The van der Waals surface area contributed by atoms with Crippen LogP contribution in [-0.4, -0.2) is 17.6 Å². The molecule has 1 aliphatic rings. The first kappa shape index (κ1) is 22.2. The summed E-state index contributed by atoms with van der Waals surface area (Å²) in [7, 11) is 0. The lowest BCUT2D eigenvalue weighted by Crippen LogP contribution is -2.27. The standard InChI is InChI=1S/C27H28N2O2S/c1-18-7-5-10-23(15-18)29-24(30)17-32-26(29)20-8-6-9-22(16-20)28-25(31)19-11-13-21(14-12-19)27(2,3)4/h5-16,26H,17H2,1-4H3,(H,28,31)/t26-/m1/s1. The summed E-state index contributed by atoms with van der Waals surface area (Å²) in [5, 5.41) is 2.89. The van der Waals surface area contributed by atoms with Gasteiger partial charge in [-0.15, -0.1) is 11.8 Å². The van der Waals surface area contributed by atoms with Gasteiger partial charge in [-0.1, -0.05) is 57.2 Å². The molecule has 0 aliphatic carbocycles. The van der Waals surface area contributed by atoms with Crippen LogP contribution in [0.5, 0.6) is 0 Å². The van der Waals surface area contributed by atoms with Crippen molar-refractivity contribution in [2.45, 2.75) is 38.5 Å². The smallest absolute Gasteiger partial charge is 0.255 e. The number of hydrogen-bond acceptors (Lipinski definition) is 3. The van der Waals surface area contributed by atoms with Crippen molar-refractivity contribution >= 4 is 35.0 Å². The molecule has 1 aliphatic heterocycles. The van der Waals surface area contributed by atoms with Gasteiger partial charge in [-0.2, -0.15) is 0 Å². The number of thioether (sulfide) groups is 1. The number of carbonyl (C=O) groups is 2. The lowest BCUT2D eigenvalue weighted by Gasteiger charge is -2.25. The van der Waals surface area contributed by atoms with Crippen LogP contribution < -0.4 is 10.2 Å². The van der Waals surface area contributed by atoms with E-state index in [4.69, 9.17) is 0 Å². The maximum atomic E-state index is 12.8. The maximum Gasteiger partial charge on any atom is 0.255 e. The molecule has 0 spiro atoms. The summed E-state index contributed by atoms with van der Waals surface area (Å²) < 4.78 is 0. The molecule has 4 nitrogen and oxygen atoms in total. The SMILES string of the molecule is Cc1cccc(N2C(=O)CS[C@@H]2c2cccc(NC(=O)c3ccc(C(C)(C)C)cc3)c2)c1. The van der Waals surface area contributed by atoms with Crippen LogP contribution in [0.3, 0.4) is 0 Å². The minimum absolute atomic E-state index is 0.0445. The highest BCUT2D eigenvalue weighted by molar-refractivity contribution is 8.00. The van der Waals surface area contributed by atoms with E-state index in [0.29, 0.717) is 11.3 Å². The van der Waals surface area contributed by atoms with E-state index in [1.54, 1.807) is 11.8 Å². The van der Waals surface area contributed by atoms with Crippen LogP contribution in [0, 0.1) is 6.92 Å². The largest absolute Gasteiger partial charge is 0.322 e. The molecule has 32 heavy (non-hydrogen) atoms.